The van der Waals surface area contributed by atoms with Crippen LogP contribution in [0.25, 0.3) is 0 Å². The van der Waals surface area contributed by atoms with Crippen LogP contribution in [0, 0.1) is 5.92 Å². The topological polar surface area (TPSA) is 21.3 Å². The van der Waals surface area contributed by atoms with Crippen molar-refractivity contribution in [2.75, 3.05) is 13.2 Å². The van der Waals surface area contributed by atoms with Crippen LogP contribution in [0.2, 0.25) is 0 Å². The van der Waals surface area contributed by atoms with Crippen LogP contribution in [-0.2, 0) is 6.42 Å². The highest BCUT2D eigenvalue weighted by Gasteiger charge is 2.30. The standard InChI is InChI=1S/C14H21NO/c1-4-15-14-10(3)9-12-11(14)7-6-8-13(12)16-5-2/h6-8,10,14-15H,4-5,9H2,1-3H3. The molecule has 0 amide bonds. The number of nitrogens with one attached hydrogen (secondary N) is 1. The van der Waals surface area contributed by atoms with Gasteiger partial charge in [0, 0.05) is 6.04 Å². The molecule has 2 heteroatoms. The predicted molar refractivity (Wildman–Crippen MR) is 66.9 cm³/mol. The second-order valence-electron chi connectivity index (χ2n) is 4.47. The fourth-order valence-electron chi connectivity index (χ4n) is 2.66. The van der Waals surface area contributed by atoms with Gasteiger partial charge in [0.05, 0.1) is 6.61 Å². The van der Waals surface area contributed by atoms with Gasteiger partial charge in [0.1, 0.15) is 5.75 Å². The first-order valence-corrected chi connectivity index (χ1v) is 6.25. The molecule has 0 saturated carbocycles. The first kappa shape index (κ1) is 11.5. The zero-order valence-corrected chi connectivity index (χ0v) is 10.4. The van der Waals surface area contributed by atoms with Crippen molar-refractivity contribution in [2.24, 2.45) is 5.92 Å². The van der Waals surface area contributed by atoms with E-state index in [9.17, 15) is 0 Å². The van der Waals surface area contributed by atoms with E-state index in [0.717, 1.165) is 25.3 Å². The van der Waals surface area contributed by atoms with Gasteiger partial charge in [-0.3, -0.25) is 0 Å². The SMILES string of the molecule is CCNC1c2cccc(OCC)c2CC1C. The van der Waals surface area contributed by atoms with Gasteiger partial charge in [-0.05, 0) is 43.0 Å². The minimum absolute atomic E-state index is 0.500. The quantitative estimate of drug-likeness (QED) is 0.840. The van der Waals surface area contributed by atoms with Gasteiger partial charge in [-0.2, -0.15) is 0 Å². The summed E-state index contributed by atoms with van der Waals surface area (Å²) in [5, 5.41) is 3.56. The van der Waals surface area contributed by atoms with Gasteiger partial charge >= 0.3 is 0 Å². The van der Waals surface area contributed by atoms with Gasteiger partial charge in [0.2, 0.25) is 0 Å². The number of rotatable bonds is 4. The molecule has 1 aliphatic carbocycles. The van der Waals surface area contributed by atoms with Crippen LogP contribution in [0.4, 0.5) is 0 Å². The number of ether oxygens (including phenoxy) is 1. The molecule has 1 aromatic rings. The Bertz CT molecular complexity index is 362. The molecule has 2 rings (SSSR count). The maximum atomic E-state index is 5.70. The van der Waals surface area contributed by atoms with E-state index in [4.69, 9.17) is 4.74 Å². The van der Waals surface area contributed by atoms with Crippen LogP contribution in [0.1, 0.15) is 37.9 Å². The van der Waals surface area contributed by atoms with Crippen LogP contribution in [0.3, 0.4) is 0 Å². The zero-order chi connectivity index (χ0) is 11.5. The fraction of sp³-hybridized carbons (Fsp3) is 0.571. The molecule has 0 spiro atoms. The normalized spacial score (nSPS) is 23.2. The third-order valence-electron chi connectivity index (χ3n) is 3.32. The van der Waals surface area contributed by atoms with Crippen LogP contribution in [-0.4, -0.2) is 13.2 Å². The number of benzene rings is 1. The molecule has 0 saturated heterocycles. The molecule has 0 radical (unpaired) electrons. The maximum absolute atomic E-state index is 5.70. The Hall–Kier alpha value is -1.02. The first-order valence-electron chi connectivity index (χ1n) is 6.25. The number of hydrogen-bond donors (Lipinski definition) is 1. The minimum atomic E-state index is 0.500. The third-order valence-corrected chi connectivity index (χ3v) is 3.32. The predicted octanol–water partition coefficient (Wildman–Crippen LogP) is 2.93. The molecule has 2 atom stereocenters. The van der Waals surface area contributed by atoms with E-state index in [0.29, 0.717) is 12.0 Å². The zero-order valence-electron chi connectivity index (χ0n) is 10.4. The van der Waals surface area contributed by atoms with Crippen molar-refractivity contribution >= 4 is 0 Å². The molecule has 2 unspecified atom stereocenters. The van der Waals surface area contributed by atoms with Crippen molar-refractivity contribution < 1.29 is 4.74 Å². The number of hydrogen-bond acceptors (Lipinski definition) is 2. The summed E-state index contributed by atoms with van der Waals surface area (Å²) >= 11 is 0. The lowest BCUT2D eigenvalue weighted by molar-refractivity contribution is 0.336. The minimum Gasteiger partial charge on any atom is -0.494 e. The van der Waals surface area contributed by atoms with E-state index < -0.39 is 0 Å². The summed E-state index contributed by atoms with van der Waals surface area (Å²) in [5.41, 5.74) is 2.84. The number of fused-ring (bicyclic) bond motifs is 1. The van der Waals surface area contributed by atoms with E-state index in [1.807, 2.05) is 6.92 Å². The first-order chi connectivity index (χ1) is 7.77. The largest absolute Gasteiger partial charge is 0.494 e. The van der Waals surface area contributed by atoms with E-state index in [-0.39, 0.29) is 0 Å². The molecular weight excluding hydrogens is 198 g/mol. The maximum Gasteiger partial charge on any atom is 0.122 e. The average Bonchev–Trinajstić information content (AvgIpc) is 2.59. The summed E-state index contributed by atoms with van der Waals surface area (Å²) in [5.74, 6) is 1.74. The fourth-order valence-corrected chi connectivity index (χ4v) is 2.66. The molecule has 0 fully saturated rings. The third kappa shape index (κ3) is 1.94. The van der Waals surface area contributed by atoms with Crippen molar-refractivity contribution in [3.05, 3.63) is 29.3 Å². The lowest BCUT2D eigenvalue weighted by Gasteiger charge is -2.17. The Kier molecular flexibility index (Phi) is 3.49. The van der Waals surface area contributed by atoms with Crippen molar-refractivity contribution in [3.63, 3.8) is 0 Å². The van der Waals surface area contributed by atoms with Gasteiger partial charge in [-0.25, -0.2) is 0 Å². The summed E-state index contributed by atoms with van der Waals surface area (Å²) in [6.45, 7) is 8.28. The second kappa shape index (κ2) is 4.88. The van der Waals surface area contributed by atoms with Gasteiger partial charge in [-0.15, -0.1) is 0 Å². The van der Waals surface area contributed by atoms with Gasteiger partial charge in [0.15, 0.2) is 0 Å². The molecule has 1 N–H and O–H groups in total. The Labute approximate surface area is 98.0 Å². The molecule has 0 bridgehead atoms. The molecule has 0 heterocycles. The molecule has 88 valence electrons. The molecule has 1 aromatic carbocycles. The molecule has 0 aromatic heterocycles. The molecule has 1 aliphatic rings. The van der Waals surface area contributed by atoms with E-state index in [1.54, 1.807) is 0 Å². The smallest absolute Gasteiger partial charge is 0.122 e. The molecule has 0 aliphatic heterocycles. The van der Waals surface area contributed by atoms with E-state index in [2.05, 4.69) is 37.4 Å². The second-order valence-corrected chi connectivity index (χ2v) is 4.47. The van der Waals surface area contributed by atoms with Crippen LogP contribution >= 0.6 is 0 Å². The lowest BCUT2D eigenvalue weighted by Crippen LogP contribution is -2.23. The van der Waals surface area contributed by atoms with Crippen molar-refractivity contribution in [1.29, 1.82) is 0 Å². The molecular formula is C14H21NO. The molecule has 2 nitrogen and oxygen atoms in total. The van der Waals surface area contributed by atoms with Crippen molar-refractivity contribution in [1.82, 2.24) is 5.32 Å². The Morgan fingerprint density at radius 3 is 2.88 bits per heavy atom. The van der Waals surface area contributed by atoms with Crippen LogP contribution in [0.15, 0.2) is 18.2 Å². The summed E-state index contributed by atoms with van der Waals surface area (Å²) in [6, 6.07) is 6.92. The summed E-state index contributed by atoms with van der Waals surface area (Å²) < 4.78 is 5.70. The van der Waals surface area contributed by atoms with Gasteiger partial charge < -0.3 is 10.1 Å². The van der Waals surface area contributed by atoms with Crippen molar-refractivity contribution in [2.45, 2.75) is 33.2 Å². The van der Waals surface area contributed by atoms with E-state index >= 15 is 0 Å². The highest BCUT2D eigenvalue weighted by molar-refractivity contribution is 5.45. The van der Waals surface area contributed by atoms with Crippen molar-refractivity contribution in [3.8, 4) is 5.75 Å². The van der Waals surface area contributed by atoms with Gasteiger partial charge in [-0.1, -0.05) is 26.0 Å². The van der Waals surface area contributed by atoms with Gasteiger partial charge in [0.25, 0.3) is 0 Å². The monoisotopic (exact) mass is 219 g/mol. The van der Waals surface area contributed by atoms with E-state index in [1.165, 1.54) is 11.1 Å². The Morgan fingerprint density at radius 2 is 2.19 bits per heavy atom. The van der Waals surface area contributed by atoms with Crippen LogP contribution < -0.4 is 10.1 Å². The molecule has 16 heavy (non-hydrogen) atoms. The lowest BCUT2D eigenvalue weighted by atomic mass is 10.0. The highest BCUT2D eigenvalue weighted by Crippen LogP contribution is 2.40. The highest BCUT2D eigenvalue weighted by atomic mass is 16.5. The summed E-state index contributed by atoms with van der Waals surface area (Å²) in [4.78, 5) is 0. The van der Waals surface area contributed by atoms with Crippen LogP contribution in [0.5, 0.6) is 5.75 Å². The Balaban J connectivity index is 2.32. The summed E-state index contributed by atoms with van der Waals surface area (Å²) in [6.07, 6.45) is 1.13. The Morgan fingerprint density at radius 1 is 1.38 bits per heavy atom. The summed E-state index contributed by atoms with van der Waals surface area (Å²) in [7, 11) is 0. The average molecular weight is 219 g/mol.